The molecule has 7 rings (SSSR count). The van der Waals surface area contributed by atoms with Crippen LogP contribution in [-0.4, -0.2) is 69.8 Å². The number of aromatic nitrogens is 10. The number of nitrogens with two attached hydrogens (primary N) is 2. The molecule has 0 aliphatic carbocycles. The predicted molar refractivity (Wildman–Crippen MR) is 277 cm³/mol. The lowest BCUT2D eigenvalue weighted by Crippen LogP contribution is -2.06. The SMILES string of the molecule is Brc1cnc(Br)c2nccnc12.Brc1cnc(I)c2nccnc12.C.C.C.C.C[Si](C)(C)Cl.N#Cc1ncc(Br)c2nccnc12.Nc1c(Br)cnc(Br)c1N.O=CC=O. The van der Waals surface area contributed by atoms with Gasteiger partial charge in [-0.3, -0.25) is 34.5 Å². The molecule has 0 spiro atoms. The lowest BCUT2D eigenvalue weighted by molar-refractivity contribution is -0.122. The van der Waals surface area contributed by atoms with Gasteiger partial charge in [0.2, 0.25) is 0 Å². The number of aldehydes is 2. The Morgan fingerprint density at radius 2 is 0.883 bits per heavy atom. The molecule has 0 fully saturated rings. The maximum Gasteiger partial charge on any atom is 0.182 e. The second-order valence-corrected chi connectivity index (χ2v) is 24.2. The fourth-order valence-corrected chi connectivity index (χ4v) is 6.04. The van der Waals surface area contributed by atoms with E-state index in [2.05, 4.69) is 188 Å². The van der Waals surface area contributed by atoms with Gasteiger partial charge in [-0.25, -0.2) is 24.9 Å². The first kappa shape index (κ1) is 61.5. The monoisotopic (exact) mass is 1350 g/mol. The zero-order valence-electron chi connectivity index (χ0n) is 28.8. The second-order valence-electron chi connectivity index (χ2n) is 10.7. The van der Waals surface area contributed by atoms with Crippen LogP contribution in [-0.2, 0) is 9.59 Å². The van der Waals surface area contributed by atoms with Crippen molar-refractivity contribution >= 4 is 194 Å². The number of hydrogen-bond donors (Lipinski definition) is 2. The van der Waals surface area contributed by atoms with Crippen LogP contribution in [0.25, 0.3) is 33.1 Å². The summed E-state index contributed by atoms with van der Waals surface area (Å²) in [6.45, 7) is 6.28. The van der Waals surface area contributed by atoms with E-state index in [0.29, 0.717) is 41.8 Å². The molecule has 0 bridgehead atoms. The van der Waals surface area contributed by atoms with Crippen molar-refractivity contribution < 1.29 is 9.59 Å². The molecule has 0 saturated carbocycles. The minimum absolute atomic E-state index is 0. The van der Waals surface area contributed by atoms with E-state index in [1.165, 1.54) is 6.20 Å². The molecule has 0 radical (unpaired) electrons. The van der Waals surface area contributed by atoms with Gasteiger partial charge in [0.15, 0.2) is 18.3 Å². The van der Waals surface area contributed by atoms with Crippen molar-refractivity contribution in [3.63, 3.8) is 0 Å². The number of nitrogens with zero attached hydrogens (tertiary/aromatic N) is 11. The normalized spacial score (nSPS) is 9.30. The summed E-state index contributed by atoms with van der Waals surface area (Å²) in [6, 6.07) is 1.96. The minimum atomic E-state index is -1.14. The van der Waals surface area contributed by atoms with E-state index in [-0.39, 0.29) is 42.3 Å². The third-order valence-corrected chi connectivity index (χ3v) is 9.87. The van der Waals surface area contributed by atoms with Gasteiger partial charge in [0.1, 0.15) is 59.5 Å². The van der Waals surface area contributed by atoms with E-state index in [1.54, 1.807) is 55.8 Å². The van der Waals surface area contributed by atoms with Gasteiger partial charge in [0, 0.05) is 62.0 Å². The zero-order chi connectivity index (χ0) is 42.0. The van der Waals surface area contributed by atoms with Crippen LogP contribution in [0.4, 0.5) is 11.4 Å². The third-order valence-electron chi connectivity index (χ3n) is 5.50. The Morgan fingerprint density at radius 3 is 1.28 bits per heavy atom. The van der Waals surface area contributed by atoms with E-state index in [0.717, 1.165) is 39.2 Å². The molecule has 7 heterocycles. The molecule has 0 aliphatic rings. The second kappa shape index (κ2) is 31.1. The maximum absolute atomic E-state index is 8.81. The molecule has 322 valence electrons. The van der Waals surface area contributed by atoms with Crippen molar-refractivity contribution in [3.8, 4) is 6.07 Å². The van der Waals surface area contributed by atoms with E-state index in [1.807, 2.05) is 6.07 Å². The Balaban J connectivity index is -0.000000665. The summed E-state index contributed by atoms with van der Waals surface area (Å²) in [7, 11) is -1.14. The molecular formula is C36H41Br6ClIN13O2Si. The van der Waals surface area contributed by atoms with Gasteiger partial charge in [-0.1, -0.05) is 49.3 Å². The Hall–Kier alpha value is -2.83. The quantitative estimate of drug-likeness (QED) is 0.0388. The van der Waals surface area contributed by atoms with E-state index < -0.39 is 7.38 Å². The Bertz CT molecular complexity index is 2280. The average Bonchev–Trinajstić information content (AvgIpc) is 3.19. The fourth-order valence-electron chi connectivity index (χ4n) is 3.30. The van der Waals surface area contributed by atoms with Crippen molar-refractivity contribution in [2.75, 3.05) is 11.5 Å². The lowest BCUT2D eigenvalue weighted by atomic mass is 10.3. The lowest BCUT2D eigenvalue weighted by Gasteiger charge is -2.02. The van der Waals surface area contributed by atoms with Gasteiger partial charge >= 0.3 is 0 Å². The van der Waals surface area contributed by atoms with Gasteiger partial charge in [-0.2, -0.15) is 16.3 Å². The summed E-state index contributed by atoms with van der Waals surface area (Å²) in [6.07, 6.45) is 16.7. The number of hydrogen-bond acceptors (Lipinski definition) is 15. The highest BCUT2D eigenvalue weighted by molar-refractivity contribution is 14.1. The molecule has 0 unspecified atom stereocenters. The first-order valence-corrected chi connectivity index (χ1v) is 25.2. The molecule has 4 N–H and O–H groups in total. The molecule has 24 heteroatoms. The molecule has 0 saturated heterocycles. The highest BCUT2D eigenvalue weighted by atomic mass is 127. The summed E-state index contributed by atoms with van der Waals surface area (Å²) in [5.41, 5.74) is 16.8. The highest BCUT2D eigenvalue weighted by Gasteiger charge is 2.08. The van der Waals surface area contributed by atoms with Crippen LogP contribution in [0.15, 0.2) is 89.1 Å². The topological polar surface area (TPSA) is 239 Å². The number of pyridine rings is 4. The summed E-state index contributed by atoms with van der Waals surface area (Å²) < 4.78 is 5.36. The summed E-state index contributed by atoms with van der Waals surface area (Å²) in [5, 5.41) is 8.73. The molecule has 0 atom stereocenters. The smallest absolute Gasteiger partial charge is 0.182 e. The molecular weight excluding hydrogens is 1320 g/mol. The third kappa shape index (κ3) is 20.4. The first-order valence-electron chi connectivity index (χ1n) is 14.8. The van der Waals surface area contributed by atoms with Crippen molar-refractivity contribution in [1.29, 1.82) is 5.26 Å². The van der Waals surface area contributed by atoms with E-state index in [4.69, 9.17) is 37.4 Å². The van der Waals surface area contributed by atoms with Gasteiger partial charge in [-0.05, 0) is 118 Å². The van der Waals surface area contributed by atoms with E-state index in [9.17, 15) is 0 Å². The van der Waals surface area contributed by atoms with Crippen LogP contribution in [0, 0.1) is 15.0 Å². The predicted octanol–water partition coefficient (Wildman–Crippen LogP) is 12.4. The number of fused-ring (bicyclic) bond motifs is 3. The van der Waals surface area contributed by atoms with Crippen molar-refractivity contribution in [2.24, 2.45) is 0 Å². The van der Waals surface area contributed by atoms with Crippen LogP contribution < -0.4 is 11.5 Å². The molecule has 0 amide bonds. The average molecular weight is 1360 g/mol. The molecule has 15 nitrogen and oxygen atoms in total. The van der Waals surface area contributed by atoms with E-state index >= 15 is 0 Å². The van der Waals surface area contributed by atoms with Crippen LogP contribution in [0.3, 0.4) is 0 Å². The van der Waals surface area contributed by atoms with Crippen LogP contribution in [0.1, 0.15) is 35.4 Å². The van der Waals surface area contributed by atoms with Gasteiger partial charge < -0.3 is 11.5 Å². The summed E-state index contributed by atoms with van der Waals surface area (Å²) in [5.74, 6) is 0. The Morgan fingerprint density at radius 1 is 0.550 bits per heavy atom. The van der Waals surface area contributed by atoms with Crippen LogP contribution >= 0.6 is 129 Å². The Kier molecular flexibility index (Phi) is 31.8. The van der Waals surface area contributed by atoms with Crippen molar-refractivity contribution in [1.82, 2.24) is 49.8 Å². The largest absolute Gasteiger partial charge is 0.396 e. The van der Waals surface area contributed by atoms with Gasteiger partial charge in [0.25, 0.3) is 0 Å². The van der Waals surface area contributed by atoms with Crippen LogP contribution in [0.2, 0.25) is 19.6 Å². The number of rotatable bonds is 1. The first-order chi connectivity index (χ1) is 26.4. The molecule has 60 heavy (non-hydrogen) atoms. The van der Waals surface area contributed by atoms with Gasteiger partial charge in [-0.15, -0.1) is 0 Å². The summed E-state index contributed by atoms with van der Waals surface area (Å²) in [4.78, 5) is 58.4. The molecule has 0 aliphatic heterocycles. The maximum atomic E-state index is 8.81. The Labute approximate surface area is 419 Å². The number of anilines is 2. The van der Waals surface area contributed by atoms with Crippen LogP contribution in [0.5, 0.6) is 0 Å². The number of carbonyl (C=O) groups excluding carboxylic acids is 2. The number of nitriles is 1. The zero-order valence-corrected chi connectivity index (χ0v) is 42.3. The molecule has 7 aromatic heterocycles. The standard InChI is InChI=1S/C8H3BrN4.C7H3Br2N3.C7H3BrIN3.C5H5Br2N3.C3H9ClSi.C2H2O2.4CH4/c9-5-4-13-6(3-10)8-7(5)11-1-2-12-8;2*8-4-3-12-7(9)6-5(4)10-1-2-11-6;6-2-1-10-5(7)4(9)3(2)8;1-5(2,3)4;3-1-2-4;;;;/h1-2,4H;2*1-3H;1H,9H2,(H2,8,10);1-3H3;1-2H;4*1H4. The number of halogens is 8. The number of nitrogen functional groups attached to an aromatic ring is 2. The molecule has 0 aromatic carbocycles. The van der Waals surface area contributed by atoms with Crippen molar-refractivity contribution in [3.05, 3.63) is 98.5 Å². The van der Waals surface area contributed by atoms with Crippen molar-refractivity contribution in [2.45, 2.75) is 49.3 Å². The highest BCUT2D eigenvalue weighted by Crippen LogP contribution is 2.29. The number of carbonyl (C=O) groups is 2. The minimum Gasteiger partial charge on any atom is -0.396 e. The fraction of sp³-hybridized carbons (Fsp3) is 0.194. The van der Waals surface area contributed by atoms with Gasteiger partial charge in [0.05, 0.1) is 29.3 Å². The molecule has 7 aromatic rings. The summed E-state index contributed by atoms with van der Waals surface area (Å²) >= 11 is 27.4.